The summed E-state index contributed by atoms with van der Waals surface area (Å²) in [7, 11) is 0. The van der Waals surface area contributed by atoms with Crippen LogP contribution in [0.3, 0.4) is 0 Å². The Morgan fingerprint density at radius 2 is 2.32 bits per heavy atom. The zero-order chi connectivity index (χ0) is 14.0. The molecule has 0 N–H and O–H groups in total. The second-order valence-electron chi connectivity index (χ2n) is 3.86. The van der Waals surface area contributed by atoms with Crippen molar-refractivity contribution in [1.82, 2.24) is 15.0 Å². The highest BCUT2D eigenvalue weighted by molar-refractivity contribution is 9.09. The van der Waals surface area contributed by atoms with Gasteiger partial charge in [0.05, 0.1) is 27.3 Å². The molecule has 0 fully saturated rings. The van der Waals surface area contributed by atoms with Crippen molar-refractivity contribution in [3.05, 3.63) is 46.0 Å². The average molecular weight is 329 g/mol. The Kier molecular flexibility index (Phi) is 3.89. The Bertz CT molecular complexity index is 616. The van der Waals surface area contributed by atoms with Crippen LogP contribution in [-0.4, -0.2) is 19.9 Å². The van der Waals surface area contributed by atoms with Gasteiger partial charge in [-0.25, -0.2) is 4.68 Å². The van der Waals surface area contributed by atoms with E-state index in [1.165, 1.54) is 10.7 Å². The van der Waals surface area contributed by atoms with Gasteiger partial charge < -0.3 is 0 Å². The molecule has 0 saturated heterocycles. The van der Waals surface area contributed by atoms with Gasteiger partial charge in [0.25, 0.3) is 0 Å². The lowest BCUT2D eigenvalue weighted by Gasteiger charge is -2.01. The van der Waals surface area contributed by atoms with Crippen LogP contribution < -0.4 is 0 Å². The fourth-order valence-corrected chi connectivity index (χ4v) is 1.75. The number of hydrogen-bond acceptors (Lipinski definition) is 4. The smallest absolute Gasteiger partial charge is 0.258 e. The Hall–Kier alpha value is -1.83. The van der Waals surface area contributed by atoms with Crippen molar-refractivity contribution in [1.29, 1.82) is 0 Å². The normalized spacial score (nSPS) is 12.4. The summed E-state index contributed by atoms with van der Waals surface area (Å²) in [4.78, 5) is 9.83. The van der Waals surface area contributed by atoms with E-state index in [2.05, 4.69) is 26.2 Å². The lowest BCUT2D eigenvalue weighted by atomic mass is 10.2. The minimum Gasteiger partial charge on any atom is -0.258 e. The molecule has 0 spiro atoms. The van der Waals surface area contributed by atoms with E-state index >= 15 is 0 Å². The van der Waals surface area contributed by atoms with Crippen LogP contribution in [0.15, 0.2) is 24.4 Å². The van der Waals surface area contributed by atoms with Crippen LogP contribution in [0.4, 0.5) is 10.1 Å². The van der Waals surface area contributed by atoms with Gasteiger partial charge in [0.1, 0.15) is 0 Å². The third-order valence-corrected chi connectivity index (χ3v) is 3.70. The third-order valence-electron chi connectivity index (χ3n) is 2.58. The van der Waals surface area contributed by atoms with Gasteiger partial charge in [0.2, 0.25) is 5.82 Å². The molecule has 0 aliphatic rings. The molecule has 1 atom stereocenters. The molecular weight excluding hydrogens is 319 g/mol. The summed E-state index contributed by atoms with van der Waals surface area (Å²) in [6.45, 7) is 1.99. The average Bonchev–Trinajstić information content (AvgIpc) is 2.86. The van der Waals surface area contributed by atoms with E-state index in [1.54, 1.807) is 6.20 Å². The Labute approximate surface area is 116 Å². The molecule has 1 aromatic carbocycles. The van der Waals surface area contributed by atoms with Crippen LogP contribution >= 0.6 is 15.9 Å². The molecule has 1 unspecified atom stereocenters. The number of hydrogen-bond donors (Lipinski definition) is 0. The van der Waals surface area contributed by atoms with E-state index in [4.69, 9.17) is 0 Å². The monoisotopic (exact) mass is 328 g/mol. The van der Waals surface area contributed by atoms with E-state index in [-0.39, 0.29) is 4.83 Å². The lowest BCUT2D eigenvalue weighted by molar-refractivity contribution is -0.387. The number of halogens is 2. The van der Waals surface area contributed by atoms with Crippen molar-refractivity contribution in [3.63, 3.8) is 0 Å². The Morgan fingerprint density at radius 3 is 2.89 bits per heavy atom. The molecular formula is C11H10BrFN4O2. The summed E-state index contributed by atoms with van der Waals surface area (Å²) in [5, 5.41) is 18.4. The largest absolute Gasteiger partial charge is 0.304 e. The number of nitrogens with zero attached hydrogens (tertiary/aromatic N) is 4. The molecule has 0 aliphatic carbocycles. The molecule has 8 heteroatoms. The number of nitro groups is 1. The van der Waals surface area contributed by atoms with Gasteiger partial charge in [0.15, 0.2) is 0 Å². The van der Waals surface area contributed by atoms with Crippen molar-refractivity contribution in [2.24, 2.45) is 0 Å². The molecule has 1 aromatic heterocycles. The van der Waals surface area contributed by atoms with E-state index < -0.39 is 16.4 Å². The lowest BCUT2D eigenvalue weighted by Crippen LogP contribution is -1.98. The molecule has 19 heavy (non-hydrogen) atoms. The molecule has 0 bridgehead atoms. The van der Waals surface area contributed by atoms with Crippen molar-refractivity contribution in [2.45, 2.75) is 18.2 Å². The third kappa shape index (κ3) is 2.78. The maximum Gasteiger partial charge on any atom is 0.304 e. The number of alkyl halides is 1. The molecule has 0 amide bonds. The quantitative estimate of drug-likeness (QED) is 0.491. The number of nitro benzene ring substituents is 1. The van der Waals surface area contributed by atoms with E-state index in [9.17, 15) is 14.5 Å². The summed E-state index contributed by atoms with van der Waals surface area (Å²) in [6.07, 6.45) is 2.50. The highest BCUT2D eigenvalue weighted by Crippen LogP contribution is 2.25. The molecule has 1 heterocycles. The summed E-state index contributed by atoms with van der Waals surface area (Å²) < 4.78 is 14.9. The molecule has 2 aromatic rings. The minimum atomic E-state index is -0.898. The highest BCUT2D eigenvalue weighted by atomic mass is 79.9. The SMILES string of the molecule is CCC(Br)c1cn(-c2ccc([N+](=O)[O-])c(F)c2)nn1. The van der Waals surface area contributed by atoms with Crippen LogP contribution in [0.1, 0.15) is 23.9 Å². The van der Waals surface area contributed by atoms with E-state index in [1.807, 2.05) is 6.92 Å². The Balaban J connectivity index is 2.35. The van der Waals surface area contributed by atoms with Gasteiger partial charge in [-0.1, -0.05) is 28.1 Å². The predicted molar refractivity (Wildman–Crippen MR) is 69.9 cm³/mol. The Morgan fingerprint density at radius 1 is 1.58 bits per heavy atom. The number of rotatable bonds is 4. The minimum absolute atomic E-state index is 0.0733. The predicted octanol–water partition coefficient (Wildman–Crippen LogP) is 3.16. The van der Waals surface area contributed by atoms with E-state index in [0.29, 0.717) is 5.69 Å². The summed E-state index contributed by atoms with van der Waals surface area (Å²) in [6, 6.07) is 3.60. The molecule has 0 saturated carbocycles. The fourth-order valence-electron chi connectivity index (χ4n) is 1.54. The first-order valence-electron chi connectivity index (χ1n) is 5.53. The molecule has 0 radical (unpaired) electrons. The summed E-state index contributed by atoms with van der Waals surface area (Å²) in [5.74, 6) is -0.898. The molecule has 100 valence electrons. The fraction of sp³-hybridized carbons (Fsp3) is 0.273. The summed E-state index contributed by atoms with van der Waals surface area (Å²) >= 11 is 3.44. The van der Waals surface area contributed by atoms with Crippen LogP contribution in [-0.2, 0) is 0 Å². The second kappa shape index (κ2) is 5.43. The summed E-state index contributed by atoms with van der Waals surface area (Å²) in [5.41, 5.74) is 0.551. The maximum atomic E-state index is 13.5. The number of aromatic nitrogens is 3. The number of benzene rings is 1. The van der Waals surface area contributed by atoms with Gasteiger partial charge >= 0.3 is 5.69 Å². The maximum absolute atomic E-state index is 13.5. The van der Waals surface area contributed by atoms with Crippen molar-refractivity contribution in [2.75, 3.05) is 0 Å². The van der Waals surface area contributed by atoms with E-state index in [0.717, 1.165) is 24.2 Å². The van der Waals surface area contributed by atoms with Crippen molar-refractivity contribution in [3.8, 4) is 5.69 Å². The van der Waals surface area contributed by atoms with Gasteiger partial charge in [-0.05, 0) is 12.5 Å². The zero-order valence-corrected chi connectivity index (χ0v) is 11.5. The zero-order valence-electron chi connectivity index (χ0n) is 9.96. The molecule has 2 rings (SSSR count). The standard InChI is InChI=1S/C11H10BrFN4O2/c1-2-8(12)10-6-16(15-14-10)7-3-4-11(17(18)19)9(13)5-7/h3-6,8H,2H2,1H3. The van der Waals surface area contributed by atoms with Gasteiger partial charge in [-0.15, -0.1) is 5.10 Å². The van der Waals surface area contributed by atoms with Crippen LogP contribution in [0.5, 0.6) is 0 Å². The molecule has 6 nitrogen and oxygen atoms in total. The topological polar surface area (TPSA) is 73.8 Å². The van der Waals surface area contributed by atoms with Crippen LogP contribution in [0.25, 0.3) is 5.69 Å². The first-order chi connectivity index (χ1) is 9.02. The second-order valence-corrected chi connectivity index (χ2v) is 4.96. The van der Waals surface area contributed by atoms with Crippen molar-refractivity contribution >= 4 is 21.6 Å². The van der Waals surface area contributed by atoms with Gasteiger partial charge in [0, 0.05) is 12.1 Å². The first kappa shape index (κ1) is 13.6. The van der Waals surface area contributed by atoms with Gasteiger partial charge in [-0.2, -0.15) is 4.39 Å². The highest BCUT2D eigenvalue weighted by Gasteiger charge is 2.16. The van der Waals surface area contributed by atoms with Crippen molar-refractivity contribution < 1.29 is 9.31 Å². The van der Waals surface area contributed by atoms with Gasteiger partial charge in [-0.3, -0.25) is 10.1 Å². The van der Waals surface area contributed by atoms with Crippen LogP contribution in [0, 0.1) is 15.9 Å². The first-order valence-corrected chi connectivity index (χ1v) is 6.45. The molecule has 0 aliphatic heterocycles. The van der Waals surface area contributed by atoms with Crippen LogP contribution in [0.2, 0.25) is 0 Å².